The number of carbonyl (C=O) groups excluding carboxylic acids is 2. The fourth-order valence-electron chi connectivity index (χ4n) is 3.29. The standard InChI is InChI=1S/C30H23NO4/c1-34-29-10-6-5-9-27(29)30(33)35-26-18-11-23(12-19-26)21-31-25-16-14-24(15-17-25)28(32)20-13-22-7-3-2-4-8-22/h2-21H,1H3. The van der Waals surface area contributed by atoms with Crippen molar-refractivity contribution in [3.8, 4) is 11.5 Å². The highest BCUT2D eigenvalue weighted by atomic mass is 16.5. The fraction of sp³-hybridized carbons (Fsp3) is 0.0333. The molecule has 4 rings (SSSR count). The molecule has 0 amide bonds. The summed E-state index contributed by atoms with van der Waals surface area (Å²) >= 11 is 0. The minimum atomic E-state index is -0.489. The molecule has 0 aliphatic heterocycles. The van der Waals surface area contributed by atoms with Crippen molar-refractivity contribution < 1.29 is 19.1 Å². The molecule has 0 heterocycles. The first-order valence-corrected chi connectivity index (χ1v) is 11.0. The van der Waals surface area contributed by atoms with Crippen molar-refractivity contribution in [3.63, 3.8) is 0 Å². The number of hydrogen-bond acceptors (Lipinski definition) is 5. The summed E-state index contributed by atoms with van der Waals surface area (Å²) in [6.07, 6.45) is 5.07. The zero-order valence-electron chi connectivity index (χ0n) is 19.1. The monoisotopic (exact) mass is 461 g/mol. The van der Waals surface area contributed by atoms with Crippen LogP contribution in [0.1, 0.15) is 31.8 Å². The van der Waals surface area contributed by atoms with Crippen LogP contribution in [0.2, 0.25) is 0 Å². The molecule has 0 aromatic heterocycles. The summed E-state index contributed by atoms with van der Waals surface area (Å²) in [5, 5.41) is 0. The molecular weight excluding hydrogens is 438 g/mol. The summed E-state index contributed by atoms with van der Waals surface area (Å²) in [7, 11) is 1.51. The van der Waals surface area contributed by atoms with E-state index in [1.54, 1.807) is 91.2 Å². The lowest BCUT2D eigenvalue weighted by atomic mass is 10.1. The molecule has 0 fully saturated rings. The number of esters is 1. The van der Waals surface area contributed by atoms with Crippen molar-refractivity contribution in [3.05, 3.63) is 131 Å². The van der Waals surface area contributed by atoms with Gasteiger partial charge in [0.2, 0.25) is 0 Å². The van der Waals surface area contributed by atoms with Crippen molar-refractivity contribution in [2.24, 2.45) is 4.99 Å². The zero-order valence-corrected chi connectivity index (χ0v) is 19.1. The topological polar surface area (TPSA) is 65.0 Å². The Morgan fingerprint density at radius 2 is 1.43 bits per heavy atom. The Kier molecular flexibility index (Phi) is 7.61. The van der Waals surface area contributed by atoms with E-state index in [9.17, 15) is 9.59 Å². The minimum absolute atomic E-state index is 0.0670. The van der Waals surface area contributed by atoms with Gasteiger partial charge < -0.3 is 9.47 Å². The Morgan fingerprint density at radius 3 is 2.14 bits per heavy atom. The van der Waals surface area contributed by atoms with Crippen LogP contribution in [-0.4, -0.2) is 25.1 Å². The van der Waals surface area contributed by atoms with Gasteiger partial charge in [0.1, 0.15) is 17.1 Å². The predicted octanol–water partition coefficient (Wildman–Crippen LogP) is 6.56. The second-order valence-electron chi connectivity index (χ2n) is 7.57. The van der Waals surface area contributed by atoms with Crippen molar-refractivity contribution >= 4 is 29.7 Å². The van der Waals surface area contributed by atoms with Gasteiger partial charge in [-0.05, 0) is 77.9 Å². The van der Waals surface area contributed by atoms with Crippen molar-refractivity contribution in [2.45, 2.75) is 0 Å². The Bertz CT molecular complexity index is 1360. The van der Waals surface area contributed by atoms with Crippen LogP contribution in [0.15, 0.2) is 114 Å². The SMILES string of the molecule is COc1ccccc1C(=O)Oc1ccc(C=Nc2ccc(C(=O)C=Cc3ccccc3)cc2)cc1. The number of rotatable bonds is 8. The number of methoxy groups -OCH3 is 1. The molecule has 4 aromatic rings. The van der Waals surface area contributed by atoms with E-state index in [1.165, 1.54) is 7.11 Å². The molecule has 0 saturated heterocycles. The first-order chi connectivity index (χ1) is 17.1. The van der Waals surface area contributed by atoms with Crippen LogP contribution in [0.4, 0.5) is 5.69 Å². The first kappa shape index (κ1) is 23.4. The maximum atomic E-state index is 12.4. The summed E-state index contributed by atoms with van der Waals surface area (Å²) in [4.78, 5) is 29.2. The average Bonchev–Trinajstić information content (AvgIpc) is 2.92. The molecule has 4 aromatic carbocycles. The lowest BCUT2D eigenvalue weighted by molar-refractivity contribution is 0.0731. The normalized spacial score (nSPS) is 11.0. The van der Waals surface area contributed by atoms with Gasteiger partial charge in [0.05, 0.1) is 12.8 Å². The molecule has 5 nitrogen and oxygen atoms in total. The summed E-state index contributed by atoms with van der Waals surface area (Å²) in [5.74, 6) is 0.324. The summed E-state index contributed by atoms with van der Waals surface area (Å²) in [5.41, 5.74) is 3.49. The predicted molar refractivity (Wildman–Crippen MR) is 138 cm³/mol. The van der Waals surface area contributed by atoms with Gasteiger partial charge in [-0.1, -0.05) is 48.5 Å². The number of ketones is 1. The van der Waals surface area contributed by atoms with Gasteiger partial charge in [-0.3, -0.25) is 9.79 Å². The van der Waals surface area contributed by atoms with Gasteiger partial charge >= 0.3 is 5.97 Å². The van der Waals surface area contributed by atoms with E-state index < -0.39 is 5.97 Å². The Balaban J connectivity index is 1.35. The molecule has 0 unspecified atom stereocenters. The molecular formula is C30H23NO4. The number of para-hydroxylation sites is 1. The quantitative estimate of drug-likeness (QED) is 0.0980. The lowest BCUT2D eigenvalue weighted by Crippen LogP contribution is -2.10. The van der Waals surface area contributed by atoms with Crippen LogP contribution in [0.3, 0.4) is 0 Å². The number of nitrogens with zero attached hydrogens (tertiary/aromatic N) is 1. The van der Waals surface area contributed by atoms with Crippen molar-refractivity contribution in [1.82, 2.24) is 0 Å². The molecule has 0 radical (unpaired) electrons. The van der Waals surface area contributed by atoms with Crippen molar-refractivity contribution in [1.29, 1.82) is 0 Å². The zero-order chi connectivity index (χ0) is 24.5. The van der Waals surface area contributed by atoms with Gasteiger partial charge in [-0.25, -0.2) is 4.79 Å². The number of aliphatic imine (C=N–C) groups is 1. The Morgan fingerprint density at radius 1 is 0.743 bits per heavy atom. The van der Waals surface area contributed by atoms with Gasteiger partial charge in [0.15, 0.2) is 5.78 Å². The van der Waals surface area contributed by atoms with E-state index in [1.807, 2.05) is 30.3 Å². The minimum Gasteiger partial charge on any atom is -0.496 e. The molecule has 0 aliphatic carbocycles. The lowest BCUT2D eigenvalue weighted by Gasteiger charge is -2.08. The van der Waals surface area contributed by atoms with Crippen molar-refractivity contribution in [2.75, 3.05) is 7.11 Å². The summed E-state index contributed by atoms with van der Waals surface area (Å²) < 4.78 is 10.7. The largest absolute Gasteiger partial charge is 0.496 e. The Hall–Kier alpha value is -4.77. The number of allylic oxidation sites excluding steroid dienone is 1. The molecule has 0 aliphatic rings. The Labute approximate surface area is 204 Å². The van der Waals surface area contributed by atoms with E-state index >= 15 is 0 Å². The molecule has 5 heteroatoms. The fourth-order valence-corrected chi connectivity index (χ4v) is 3.29. The van der Waals surface area contributed by atoms with Crippen LogP contribution in [0.25, 0.3) is 6.08 Å². The highest BCUT2D eigenvalue weighted by Crippen LogP contribution is 2.21. The third-order valence-electron chi connectivity index (χ3n) is 5.16. The number of benzene rings is 4. The van der Waals surface area contributed by atoms with E-state index in [4.69, 9.17) is 9.47 Å². The molecule has 35 heavy (non-hydrogen) atoms. The molecule has 0 atom stereocenters. The van der Waals surface area contributed by atoms with Gasteiger partial charge in [0, 0.05) is 11.8 Å². The van der Waals surface area contributed by atoms with E-state index in [-0.39, 0.29) is 5.78 Å². The van der Waals surface area contributed by atoms with Crippen LogP contribution < -0.4 is 9.47 Å². The summed E-state index contributed by atoms with van der Waals surface area (Å²) in [6, 6.07) is 30.7. The van der Waals surface area contributed by atoms with E-state index in [0.717, 1.165) is 16.8 Å². The number of carbonyl (C=O) groups is 2. The van der Waals surface area contributed by atoms with Crippen LogP contribution in [-0.2, 0) is 0 Å². The van der Waals surface area contributed by atoms with Crippen LogP contribution >= 0.6 is 0 Å². The van der Waals surface area contributed by atoms with Gasteiger partial charge in [-0.2, -0.15) is 0 Å². The summed E-state index contributed by atoms with van der Waals surface area (Å²) in [6.45, 7) is 0. The van der Waals surface area contributed by atoms with Crippen LogP contribution in [0, 0.1) is 0 Å². The van der Waals surface area contributed by atoms with E-state index in [0.29, 0.717) is 22.6 Å². The molecule has 0 bridgehead atoms. The smallest absolute Gasteiger partial charge is 0.347 e. The molecule has 0 saturated carbocycles. The third-order valence-corrected chi connectivity index (χ3v) is 5.16. The molecule has 172 valence electrons. The van der Waals surface area contributed by atoms with Gasteiger partial charge in [0.25, 0.3) is 0 Å². The van der Waals surface area contributed by atoms with Crippen LogP contribution in [0.5, 0.6) is 11.5 Å². The second kappa shape index (κ2) is 11.4. The first-order valence-electron chi connectivity index (χ1n) is 11.0. The second-order valence-corrected chi connectivity index (χ2v) is 7.57. The maximum absolute atomic E-state index is 12.4. The number of hydrogen-bond donors (Lipinski definition) is 0. The highest BCUT2D eigenvalue weighted by Gasteiger charge is 2.13. The average molecular weight is 462 g/mol. The van der Waals surface area contributed by atoms with E-state index in [2.05, 4.69) is 4.99 Å². The third kappa shape index (κ3) is 6.39. The number of ether oxygens (including phenoxy) is 2. The molecule has 0 spiro atoms. The van der Waals surface area contributed by atoms with Gasteiger partial charge in [-0.15, -0.1) is 0 Å². The maximum Gasteiger partial charge on any atom is 0.347 e. The molecule has 0 N–H and O–H groups in total. The highest BCUT2D eigenvalue weighted by molar-refractivity contribution is 6.07.